The standard InChI is InChI=1S/C19H27N3O4S/c1-19(2,3)27(24,25)22-15-9-7-14(8-10-15)18(23)21-16-5-4-6-17(13-16)26-12-11-20/h4-6,13-15,22H,7-10,12H2,1-3H3,(H,21,23). The summed E-state index contributed by atoms with van der Waals surface area (Å²) in [5.41, 5.74) is 0.617. The maximum Gasteiger partial charge on any atom is 0.227 e. The molecule has 0 bridgehead atoms. The van der Waals surface area contributed by atoms with Gasteiger partial charge < -0.3 is 10.1 Å². The molecular formula is C19H27N3O4S. The number of nitriles is 1. The summed E-state index contributed by atoms with van der Waals surface area (Å²) >= 11 is 0. The minimum Gasteiger partial charge on any atom is -0.479 e. The number of amides is 1. The maximum absolute atomic E-state index is 12.5. The molecule has 0 spiro atoms. The lowest BCUT2D eigenvalue weighted by Crippen LogP contribution is -2.46. The molecule has 1 aromatic carbocycles. The summed E-state index contributed by atoms with van der Waals surface area (Å²) in [6, 6.07) is 8.69. The second kappa shape index (κ2) is 8.72. The predicted octanol–water partition coefficient (Wildman–Crippen LogP) is 2.80. The molecular weight excluding hydrogens is 366 g/mol. The summed E-state index contributed by atoms with van der Waals surface area (Å²) < 4.78 is 31.7. The molecule has 0 aromatic heterocycles. The molecule has 2 N–H and O–H groups in total. The van der Waals surface area contributed by atoms with Crippen molar-refractivity contribution in [1.82, 2.24) is 4.72 Å². The molecule has 27 heavy (non-hydrogen) atoms. The average molecular weight is 394 g/mol. The monoisotopic (exact) mass is 393 g/mol. The average Bonchev–Trinajstić information content (AvgIpc) is 2.59. The Hall–Kier alpha value is -2.11. The molecule has 7 nitrogen and oxygen atoms in total. The number of ether oxygens (including phenoxy) is 1. The van der Waals surface area contributed by atoms with Crippen LogP contribution in [0.25, 0.3) is 0 Å². The van der Waals surface area contributed by atoms with Crippen molar-refractivity contribution in [2.75, 3.05) is 11.9 Å². The number of anilines is 1. The first-order valence-electron chi connectivity index (χ1n) is 9.05. The lowest BCUT2D eigenvalue weighted by Gasteiger charge is -2.30. The van der Waals surface area contributed by atoms with Crippen LogP contribution < -0.4 is 14.8 Å². The Morgan fingerprint density at radius 1 is 1.26 bits per heavy atom. The number of benzene rings is 1. The lowest BCUT2D eigenvalue weighted by atomic mass is 9.86. The van der Waals surface area contributed by atoms with Crippen molar-refractivity contribution in [3.8, 4) is 11.8 Å². The van der Waals surface area contributed by atoms with Crippen LogP contribution in [0.2, 0.25) is 0 Å². The lowest BCUT2D eigenvalue weighted by molar-refractivity contribution is -0.120. The third-order valence-corrected chi connectivity index (χ3v) is 6.89. The molecule has 2 rings (SSSR count). The highest BCUT2D eigenvalue weighted by Crippen LogP contribution is 2.28. The van der Waals surface area contributed by atoms with E-state index in [-0.39, 0.29) is 24.5 Å². The van der Waals surface area contributed by atoms with Crippen LogP contribution in [0.5, 0.6) is 5.75 Å². The van der Waals surface area contributed by atoms with Crippen molar-refractivity contribution < 1.29 is 17.9 Å². The van der Waals surface area contributed by atoms with Crippen LogP contribution in [-0.4, -0.2) is 31.7 Å². The van der Waals surface area contributed by atoms with Crippen molar-refractivity contribution in [3.63, 3.8) is 0 Å². The van der Waals surface area contributed by atoms with E-state index in [0.29, 0.717) is 37.1 Å². The molecule has 0 heterocycles. The molecule has 8 heteroatoms. The van der Waals surface area contributed by atoms with Gasteiger partial charge in [-0.2, -0.15) is 5.26 Å². The third-order valence-electron chi connectivity index (χ3n) is 4.63. The quantitative estimate of drug-likeness (QED) is 0.772. The molecule has 148 valence electrons. The Morgan fingerprint density at radius 2 is 1.93 bits per heavy atom. The largest absolute Gasteiger partial charge is 0.479 e. The Labute approximate surface area is 161 Å². The minimum atomic E-state index is -3.38. The Morgan fingerprint density at radius 3 is 2.52 bits per heavy atom. The fourth-order valence-electron chi connectivity index (χ4n) is 2.89. The topological polar surface area (TPSA) is 108 Å². The third kappa shape index (κ3) is 5.94. The molecule has 1 saturated carbocycles. The van der Waals surface area contributed by atoms with Gasteiger partial charge >= 0.3 is 0 Å². The molecule has 0 saturated heterocycles. The van der Waals surface area contributed by atoms with E-state index in [9.17, 15) is 13.2 Å². The number of hydrogen-bond donors (Lipinski definition) is 2. The van der Waals surface area contributed by atoms with Gasteiger partial charge in [0.2, 0.25) is 15.9 Å². The maximum atomic E-state index is 12.5. The van der Waals surface area contributed by atoms with E-state index in [1.165, 1.54) is 0 Å². The number of sulfonamides is 1. The van der Waals surface area contributed by atoms with Gasteiger partial charge in [0.15, 0.2) is 6.61 Å². The summed E-state index contributed by atoms with van der Waals surface area (Å²) in [6.45, 7) is 4.96. The van der Waals surface area contributed by atoms with Gasteiger partial charge in [-0.05, 0) is 58.6 Å². The number of rotatable bonds is 6. The van der Waals surface area contributed by atoms with E-state index in [4.69, 9.17) is 10.00 Å². The molecule has 1 aliphatic rings. The van der Waals surface area contributed by atoms with Crippen molar-refractivity contribution in [2.45, 2.75) is 57.2 Å². The summed E-state index contributed by atoms with van der Waals surface area (Å²) in [6.07, 6.45) is 2.54. The summed E-state index contributed by atoms with van der Waals surface area (Å²) in [5, 5.41) is 11.4. The van der Waals surface area contributed by atoms with Crippen molar-refractivity contribution in [2.24, 2.45) is 5.92 Å². The zero-order valence-corrected chi connectivity index (χ0v) is 16.8. The second-order valence-corrected chi connectivity index (χ2v) is 10.2. The van der Waals surface area contributed by atoms with Crippen LogP contribution >= 0.6 is 0 Å². The van der Waals surface area contributed by atoms with Crippen molar-refractivity contribution in [1.29, 1.82) is 5.26 Å². The Bertz CT molecular complexity index is 801. The van der Waals surface area contributed by atoms with Crippen LogP contribution in [0.4, 0.5) is 5.69 Å². The zero-order chi connectivity index (χ0) is 20.1. The molecule has 1 fully saturated rings. The molecule has 0 atom stereocenters. The van der Waals surface area contributed by atoms with E-state index in [0.717, 1.165) is 0 Å². The first-order valence-corrected chi connectivity index (χ1v) is 10.5. The number of carbonyl (C=O) groups is 1. The van der Waals surface area contributed by atoms with E-state index in [1.54, 1.807) is 45.0 Å². The van der Waals surface area contributed by atoms with Crippen molar-refractivity contribution >= 4 is 21.6 Å². The summed E-state index contributed by atoms with van der Waals surface area (Å²) in [5.74, 6) is 0.295. The number of nitrogens with zero attached hydrogens (tertiary/aromatic N) is 1. The number of nitrogens with one attached hydrogen (secondary N) is 2. The highest BCUT2D eigenvalue weighted by Gasteiger charge is 2.34. The Kier molecular flexibility index (Phi) is 6.84. The van der Waals surface area contributed by atoms with E-state index in [1.807, 2.05) is 6.07 Å². The van der Waals surface area contributed by atoms with E-state index in [2.05, 4.69) is 10.0 Å². The van der Waals surface area contributed by atoms with Crippen LogP contribution in [0.15, 0.2) is 24.3 Å². The zero-order valence-electron chi connectivity index (χ0n) is 16.0. The van der Waals surface area contributed by atoms with Crippen molar-refractivity contribution in [3.05, 3.63) is 24.3 Å². The first-order chi connectivity index (χ1) is 12.6. The van der Waals surface area contributed by atoms with Gasteiger partial charge in [-0.3, -0.25) is 4.79 Å². The van der Waals surface area contributed by atoms with Crippen LogP contribution in [-0.2, 0) is 14.8 Å². The van der Waals surface area contributed by atoms with E-state index >= 15 is 0 Å². The van der Waals surface area contributed by atoms with Crippen LogP contribution in [0.3, 0.4) is 0 Å². The first kappa shape index (κ1) is 21.2. The van der Waals surface area contributed by atoms with Crippen LogP contribution in [0, 0.1) is 17.2 Å². The van der Waals surface area contributed by atoms with Gasteiger partial charge in [-0.15, -0.1) is 0 Å². The van der Waals surface area contributed by atoms with Gasteiger partial charge in [-0.25, -0.2) is 13.1 Å². The molecule has 1 aromatic rings. The molecule has 0 unspecified atom stereocenters. The number of carbonyl (C=O) groups excluding carboxylic acids is 1. The smallest absolute Gasteiger partial charge is 0.227 e. The van der Waals surface area contributed by atoms with Gasteiger partial charge in [0.1, 0.15) is 11.8 Å². The fourth-order valence-corrected chi connectivity index (χ4v) is 3.92. The molecule has 0 aliphatic heterocycles. The Balaban J connectivity index is 1.87. The van der Waals surface area contributed by atoms with Gasteiger partial charge in [0.05, 0.1) is 4.75 Å². The molecule has 1 amide bonds. The van der Waals surface area contributed by atoms with Crippen LogP contribution in [0.1, 0.15) is 46.5 Å². The van der Waals surface area contributed by atoms with Gasteiger partial charge in [0, 0.05) is 23.7 Å². The highest BCUT2D eigenvalue weighted by atomic mass is 32.2. The summed E-state index contributed by atoms with van der Waals surface area (Å²) in [4.78, 5) is 12.5. The van der Waals surface area contributed by atoms with Gasteiger partial charge in [0.25, 0.3) is 0 Å². The SMILES string of the molecule is CC(C)(C)S(=O)(=O)NC1CCC(C(=O)Nc2cccc(OCC#N)c2)CC1. The normalized spacial score (nSPS) is 20.5. The minimum absolute atomic E-state index is 0.0497. The molecule has 1 aliphatic carbocycles. The fraction of sp³-hybridized carbons (Fsp3) is 0.579. The second-order valence-electron chi connectivity index (χ2n) is 7.75. The summed E-state index contributed by atoms with van der Waals surface area (Å²) in [7, 11) is -3.38. The van der Waals surface area contributed by atoms with E-state index < -0.39 is 14.8 Å². The highest BCUT2D eigenvalue weighted by molar-refractivity contribution is 7.90. The molecule has 0 radical (unpaired) electrons. The number of hydrogen-bond acceptors (Lipinski definition) is 5. The predicted molar refractivity (Wildman–Crippen MR) is 104 cm³/mol. The van der Waals surface area contributed by atoms with Gasteiger partial charge in [-0.1, -0.05) is 6.07 Å².